The molecule has 1 N–H and O–H groups in total. The molecular formula is C20H19ClN2O3S. The van der Waals surface area contributed by atoms with Gasteiger partial charge in [-0.1, -0.05) is 35.9 Å². The van der Waals surface area contributed by atoms with Gasteiger partial charge in [0, 0.05) is 17.9 Å². The van der Waals surface area contributed by atoms with E-state index in [1.54, 1.807) is 18.2 Å². The molecule has 3 rings (SSSR count). The minimum Gasteiger partial charge on any atom is -0.496 e. The van der Waals surface area contributed by atoms with E-state index in [9.17, 15) is 9.59 Å². The van der Waals surface area contributed by atoms with Gasteiger partial charge in [0.1, 0.15) is 5.75 Å². The lowest BCUT2D eigenvalue weighted by atomic mass is 10.1. The van der Waals surface area contributed by atoms with E-state index in [4.69, 9.17) is 16.3 Å². The molecule has 0 aliphatic rings. The van der Waals surface area contributed by atoms with Crippen LogP contribution in [0.5, 0.6) is 5.75 Å². The first-order chi connectivity index (χ1) is 13.0. The molecule has 140 valence electrons. The third kappa shape index (κ3) is 4.64. The SMILES string of the molecule is CCc1ccc2nc(NC(=O)CCC(=O)c3cc(Cl)ccc3OC)sc2c1. The standard InChI is InChI=1S/C20H19ClN2O3S/c1-3-12-4-6-15-18(10-12)27-20(22-15)23-19(25)9-7-16(24)14-11-13(21)5-8-17(14)26-2/h4-6,8,10-11H,3,7,9H2,1-2H3,(H,22,23,25). The normalized spacial score (nSPS) is 10.8. The first-order valence-corrected chi connectivity index (χ1v) is 9.75. The zero-order chi connectivity index (χ0) is 19.4. The minimum absolute atomic E-state index is 0.0602. The summed E-state index contributed by atoms with van der Waals surface area (Å²) in [5.74, 6) is 0.00298. The molecule has 2 aromatic carbocycles. The van der Waals surface area contributed by atoms with E-state index in [0.717, 1.165) is 16.6 Å². The Balaban J connectivity index is 1.63. The summed E-state index contributed by atoms with van der Waals surface area (Å²) in [5.41, 5.74) is 2.46. The number of Topliss-reactive ketones (excluding diaryl/α,β-unsaturated/α-hetero) is 1. The van der Waals surface area contributed by atoms with Gasteiger partial charge in [-0.05, 0) is 42.3 Å². The molecule has 1 amide bonds. The summed E-state index contributed by atoms with van der Waals surface area (Å²) in [6.45, 7) is 2.09. The summed E-state index contributed by atoms with van der Waals surface area (Å²) < 4.78 is 6.22. The number of anilines is 1. The molecule has 0 saturated carbocycles. The summed E-state index contributed by atoms with van der Waals surface area (Å²) >= 11 is 7.38. The second kappa shape index (κ2) is 8.50. The number of halogens is 1. The van der Waals surface area contributed by atoms with E-state index < -0.39 is 0 Å². The summed E-state index contributed by atoms with van der Waals surface area (Å²) in [4.78, 5) is 29.0. The molecule has 0 bridgehead atoms. The molecule has 1 aromatic heterocycles. The van der Waals surface area contributed by atoms with Crippen molar-refractivity contribution >= 4 is 50.0 Å². The number of nitrogens with one attached hydrogen (secondary N) is 1. The summed E-state index contributed by atoms with van der Waals surface area (Å²) in [5, 5.41) is 3.76. The van der Waals surface area contributed by atoms with Crippen LogP contribution in [0.25, 0.3) is 10.2 Å². The zero-order valence-electron chi connectivity index (χ0n) is 15.0. The van der Waals surface area contributed by atoms with Crippen molar-refractivity contribution in [3.05, 3.63) is 52.5 Å². The van der Waals surface area contributed by atoms with Crippen molar-refractivity contribution in [2.75, 3.05) is 12.4 Å². The number of ether oxygens (including phenoxy) is 1. The Morgan fingerprint density at radius 1 is 1.19 bits per heavy atom. The van der Waals surface area contributed by atoms with Crippen LogP contribution in [0.4, 0.5) is 5.13 Å². The van der Waals surface area contributed by atoms with Crippen LogP contribution < -0.4 is 10.1 Å². The molecule has 0 aliphatic carbocycles. The fourth-order valence-electron chi connectivity index (χ4n) is 2.68. The average Bonchev–Trinajstić information content (AvgIpc) is 3.07. The molecule has 7 heteroatoms. The van der Waals surface area contributed by atoms with Gasteiger partial charge in [0.2, 0.25) is 5.91 Å². The Labute approximate surface area is 166 Å². The number of carbonyl (C=O) groups is 2. The number of fused-ring (bicyclic) bond motifs is 1. The van der Waals surface area contributed by atoms with E-state index in [1.807, 2.05) is 12.1 Å². The number of hydrogen-bond acceptors (Lipinski definition) is 5. The van der Waals surface area contributed by atoms with Crippen LogP contribution in [0.1, 0.15) is 35.7 Å². The van der Waals surface area contributed by atoms with Crippen molar-refractivity contribution in [1.29, 1.82) is 0 Å². The number of carbonyl (C=O) groups excluding carboxylic acids is 2. The molecule has 5 nitrogen and oxygen atoms in total. The van der Waals surface area contributed by atoms with Crippen molar-refractivity contribution in [1.82, 2.24) is 4.98 Å². The molecule has 0 fully saturated rings. The second-order valence-electron chi connectivity index (χ2n) is 5.99. The fourth-order valence-corrected chi connectivity index (χ4v) is 3.80. The van der Waals surface area contributed by atoms with Gasteiger partial charge >= 0.3 is 0 Å². The molecule has 0 unspecified atom stereocenters. The Morgan fingerprint density at radius 2 is 2.00 bits per heavy atom. The first kappa shape index (κ1) is 19.3. The van der Waals surface area contributed by atoms with E-state index in [-0.39, 0.29) is 24.5 Å². The highest BCUT2D eigenvalue weighted by Crippen LogP contribution is 2.28. The van der Waals surface area contributed by atoms with Crippen LogP contribution in [0.2, 0.25) is 5.02 Å². The van der Waals surface area contributed by atoms with Gasteiger partial charge in [0.15, 0.2) is 10.9 Å². The van der Waals surface area contributed by atoms with Gasteiger partial charge in [-0.3, -0.25) is 9.59 Å². The predicted octanol–water partition coefficient (Wildman–Crippen LogP) is 5.12. The molecule has 27 heavy (non-hydrogen) atoms. The molecule has 0 spiro atoms. The number of aromatic nitrogens is 1. The number of hydrogen-bond donors (Lipinski definition) is 1. The van der Waals surface area contributed by atoms with E-state index in [2.05, 4.69) is 23.3 Å². The quantitative estimate of drug-likeness (QED) is 0.557. The Kier molecular flexibility index (Phi) is 6.08. The highest BCUT2D eigenvalue weighted by Gasteiger charge is 2.15. The lowest BCUT2D eigenvalue weighted by Gasteiger charge is -2.08. The van der Waals surface area contributed by atoms with Crippen LogP contribution in [0.3, 0.4) is 0 Å². The highest BCUT2D eigenvalue weighted by molar-refractivity contribution is 7.22. The van der Waals surface area contributed by atoms with Gasteiger partial charge in [-0.25, -0.2) is 4.98 Å². The van der Waals surface area contributed by atoms with Gasteiger partial charge in [-0.15, -0.1) is 0 Å². The van der Waals surface area contributed by atoms with E-state index in [1.165, 1.54) is 24.0 Å². The maximum absolute atomic E-state index is 12.4. The van der Waals surface area contributed by atoms with Crippen molar-refractivity contribution < 1.29 is 14.3 Å². The lowest BCUT2D eigenvalue weighted by Crippen LogP contribution is -2.13. The fraction of sp³-hybridized carbons (Fsp3) is 0.250. The number of ketones is 1. The molecule has 0 aliphatic heterocycles. The minimum atomic E-state index is -0.251. The number of amides is 1. The highest BCUT2D eigenvalue weighted by atomic mass is 35.5. The number of nitrogens with zero attached hydrogens (tertiary/aromatic N) is 1. The molecular weight excluding hydrogens is 384 g/mol. The van der Waals surface area contributed by atoms with Crippen LogP contribution in [-0.2, 0) is 11.2 Å². The molecule has 0 radical (unpaired) electrons. The molecule has 0 saturated heterocycles. The Morgan fingerprint density at radius 3 is 2.74 bits per heavy atom. The maximum atomic E-state index is 12.4. The smallest absolute Gasteiger partial charge is 0.226 e. The summed E-state index contributed by atoms with van der Waals surface area (Å²) in [6.07, 6.45) is 1.07. The lowest BCUT2D eigenvalue weighted by molar-refractivity contribution is -0.116. The zero-order valence-corrected chi connectivity index (χ0v) is 16.6. The number of benzene rings is 2. The summed E-state index contributed by atoms with van der Waals surface area (Å²) in [6, 6.07) is 10.9. The average molecular weight is 403 g/mol. The van der Waals surface area contributed by atoms with Crippen molar-refractivity contribution in [2.45, 2.75) is 26.2 Å². The largest absolute Gasteiger partial charge is 0.496 e. The van der Waals surface area contributed by atoms with Crippen molar-refractivity contribution in [2.24, 2.45) is 0 Å². The predicted molar refractivity (Wildman–Crippen MR) is 109 cm³/mol. The van der Waals surface area contributed by atoms with Crippen LogP contribution in [0, 0.1) is 0 Å². The maximum Gasteiger partial charge on any atom is 0.226 e. The Hall–Kier alpha value is -2.44. The van der Waals surface area contributed by atoms with Gasteiger partial charge in [0.05, 0.1) is 22.9 Å². The third-order valence-corrected chi connectivity index (χ3v) is 5.32. The van der Waals surface area contributed by atoms with Gasteiger partial charge in [0.25, 0.3) is 0 Å². The third-order valence-electron chi connectivity index (χ3n) is 4.15. The molecule has 3 aromatic rings. The number of rotatable bonds is 7. The second-order valence-corrected chi connectivity index (χ2v) is 7.46. The number of thiazole rings is 1. The van der Waals surface area contributed by atoms with Crippen molar-refractivity contribution in [3.63, 3.8) is 0 Å². The van der Waals surface area contributed by atoms with Crippen LogP contribution in [0.15, 0.2) is 36.4 Å². The van der Waals surface area contributed by atoms with Crippen LogP contribution in [-0.4, -0.2) is 23.8 Å². The Bertz CT molecular complexity index is 1000. The van der Waals surface area contributed by atoms with Crippen molar-refractivity contribution in [3.8, 4) is 5.75 Å². The first-order valence-electron chi connectivity index (χ1n) is 8.56. The molecule has 1 heterocycles. The van der Waals surface area contributed by atoms with E-state index in [0.29, 0.717) is 21.5 Å². The summed E-state index contributed by atoms with van der Waals surface area (Å²) in [7, 11) is 1.49. The number of methoxy groups -OCH3 is 1. The van der Waals surface area contributed by atoms with E-state index >= 15 is 0 Å². The van der Waals surface area contributed by atoms with Gasteiger partial charge in [-0.2, -0.15) is 0 Å². The number of aryl methyl sites for hydroxylation is 1. The van der Waals surface area contributed by atoms with Crippen LogP contribution >= 0.6 is 22.9 Å². The molecule has 0 atom stereocenters. The monoisotopic (exact) mass is 402 g/mol. The topological polar surface area (TPSA) is 68.3 Å². The van der Waals surface area contributed by atoms with Gasteiger partial charge < -0.3 is 10.1 Å².